The second-order valence-corrected chi connectivity index (χ2v) is 9.68. The van der Waals surface area contributed by atoms with Crippen molar-refractivity contribution >= 4 is 44.5 Å². The molecule has 3 aliphatic rings. The Bertz CT molecular complexity index is 1090. The molecule has 2 unspecified atom stereocenters. The van der Waals surface area contributed by atoms with E-state index < -0.39 is 0 Å². The predicted molar refractivity (Wildman–Crippen MR) is 128 cm³/mol. The maximum Gasteiger partial charge on any atom is 0.258 e. The third-order valence-electron chi connectivity index (χ3n) is 6.47. The van der Waals surface area contributed by atoms with Crippen LogP contribution in [0.15, 0.2) is 57.8 Å². The summed E-state index contributed by atoms with van der Waals surface area (Å²) >= 11 is 3.52. The highest BCUT2D eigenvalue weighted by Gasteiger charge is 2.34. The fourth-order valence-corrected chi connectivity index (χ4v) is 5.30. The number of oxime groups is 1. The van der Waals surface area contributed by atoms with Gasteiger partial charge < -0.3 is 15.5 Å². The van der Waals surface area contributed by atoms with Gasteiger partial charge in [-0.2, -0.15) is 0 Å². The van der Waals surface area contributed by atoms with Crippen molar-refractivity contribution in [1.82, 2.24) is 0 Å². The van der Waals surface area contributed by atoms with E-state index in [1.807, 2.05) is 42.5 Å². The topological polar surface area (TPSA) is 62.7 Å². The van der Waals surface area contributed by atoms with Crippen LogP contribution in [0.5, 0.6) is 0 Å². The van der Waals surface area contributed by atoms with E-state index in [1.54, 1.807) is 0 Å². The number of hydrogen-bond donors (Lipinski definition) is 2. The molecule has 31 heavy (non-hydrogen) atoms. The minimum absolute atomic E-state index is 0.132. The van der Waals surface area contributed by atoms with Crippen molar-refractivity contribution in [1.29, 1.82) is 0 Å². The molecule has 5 rings (SSSR count). The minimum Gasteiger partial charge on any atom is -0.395 e. The monoisotopic (exact) mass is 479 g/mol. The zero-order valence-corrected chi connectivity index (χ0v) is 19.2. The molecule has 1 fully saturated rings. The summed E-state index contributed by atoms with van der Waals surface area (Å²) in [5.41, 5.74) is 5.53. The van der Waals surface area contributed by atoms with E-state index >= 15 is 0 Å². The van der Waals surface area contributed by atoms with E-state index in [9.17, 15) is 4.79 Å². The van der Waals surface area contributed by atoms with Gasteiger partial charge >= 0.3 is 0 Å². The van der Waals surface area contributed by atoms with E-state index in [0.717, 1.165) is 45.2 Å². The van der Waals surface area contributed by atoms with Crippen molar-refractivity contribution in [2.45, 2.75) is 39.0 Å². The van der Waals surface area contributed by atoms with Crippen LogP contribution >= 0.6 is 15.9 Å². The van der Waals surface area contributed by atoms with Crippen molar-refractivity contribution in [3.8, 4) is 0 Å². The third-order valence-corrected chi connectivity index (χ3v) is 6.97. The molecule has 0 radical (unpaired) electrons. The second-order valence-electron chi connectivity index (χ2n) is 8.76. The Morgan fingerprint density at radius 3 is 2.81 bits per heavy atom. The van der Waals surface area contributed by atoms with Gasteiger partial charge in [-0.3, -0.25) is 4.79 Å². The number of para-hydroxylation sites is 1. The Morgan fingerprint density at radius 2 is 1.94 bits per heavy atom. The lowest BCUT2D eigenvalue weighted by Gasteiger charge is -2.26. The molecule has 2 aliphatic heterocycles. The number of allylic oxidation sites excluding steroid dienone is 1. The van der Waals surface area contributed by atoms with Gasteiger partial charge in [-0.25, -0.2) is 0 Å². The largest absolute Gasteiger partial charge is 0.395 e. The number of amides is 1. The number of nitrogens with one attached hydrogen (secondary N) is 2. The zero-order valence-electron chi connectivity index (χ0n) is 17.6. The first kappa shape index (κ1) is 20.3. The lowest BCUT2D eigenvalue weighted by atomic mass is 9.81. The number of carbonyl (C=O) groups excluding carboxylic acids is 1. The highest BCUT2D eigenvalue weighted by Crippen LogP contribution is 2.40. The number of rotatable bonds is 4. The number of nitrogens with zero attached hydrogens (tertiary/aromatic N) is 1. The minimum atomic E-state index is -0.132. The molecule has 160 valence electrons. The molecule has 2 aromatic carbocycles. The van der Waals surface area contributed by atoms with Crippen LogP contribution in [0.3, 0.4) is 0 Å². The van der Waals surface area contributed by atoms with E-state index in [2.05, 4.69) is 38.6 Å². The molecule has 0 aromatic heterocycles. The molecule has 2 heterocycles. The molecule has 1 aliphatic carbocycles. The summed E-state index contributed by atoms with van der Waals surface area (Å²) in [6, 6.07) is 13.8. The Balaban J connectivity index is 1.44. The fraction of sp³-hybridized carbons (Fsp3) is 0.360. The van der Waals surface area contributed by atoms with Crippen LogP contribution in [-0.4, -0.2) is 18.2 Å². The van der Waals surface area contributed by atoms with Crippen LogP contribution < -0.4 is 10.6 Å². The van der Waals surface area contributed by atoms with Gasteiger partial charge in [0.1, 0.15) is 12.3 Å². The zero-order chi connectivity index (χ0) is 21.4. The van der Waals surface area contributed by atoms with Crippen molar-refractivity contribution in [3.05, 3.63) is 63.8 Å². The van der Waals surface area contributed by atoms with Crippen molar-refractivity contribution < 1.29 is 9.63 Å². The number of benzene rings is 2. The summed E-state index contributed by atoms with van der Waals surface area (Å²) in [4.78, 5) is 18.7. The van der Waals surface area contributed by atoms with Gasteiger partial charge in [0.2, 0.25) is 0 Å². The first-order valence-corrected chi connectivity index (χ1v) is 11.8. The van der Waals surface area contributed by atoms with Gasteiger partial charge in [0, 0.05) is 27.0 Å². The summed E-state index contributed by atoms with van der Waals surface area (Å²) in [6.07, 6.45) is 6.26. The van der Waals surface area contributed by atoms with E-state index in [-0.39, 0.29) is 5.91 Å². The summed E-state index contributed by atoms with van der Waals surface area (Å²) in [5.74, 6) is 1.40. The normalized spacial score (nSPS) is 25.7. The van der Waals surface area contributed by atoms with Gasteiger partial charge in [-0.1, -0.05) is 65.5 Å². The van der Waals surface area contributed by atoms with Crippen LogP contribution in [-0.2, 0) is 9.63 Å². The Kier molecular flexibility index (Phi) is 5.57. The molecule has 0 spiro atoms. The maximum absolute atomic E-state index is 12.9. The van der Waals surface area contributed by atoms with Crippen LogP contribution in [0.2, 0.25) is 0 Å². The molecule has 5 nitrogen and oxygen atoms in total. The van der Waals surface area contributed by atoms with Gasteiger partial charge in [0.15, 0.2) is 0 Å². The summed E-state index contributed by atoms with van der Waals surface area (Å²) in [6.45, 7) is 2.94. The average molecular weight is 480 g/mol. The number of anilines is 2. The number of hydrogen-bond acceptors (Lipinski definition) is 4. The molecule has 1 saturated carbocycles. The fourth-order valence-electron chi connectivity index (χ4n) is 4.94. The summed E-state index contributed by atoms with van der Waals surface area (Å²) in [7, 11) is 0. The maximum atomic E-state index is 12.9. The second kappa shape index (κ2) is 8.50. The van der Waals surface area contributed by atoms with Gasteiger partial charge in [0.05, 0.1) is 11.3 Å². The number of fused-ring (bicyclic) bond motifs is 2. The Hall–Kier alpha value is -2.60. The van der Waals surface area contributed by atoms with Crippen molar-refractivity contribution in [3.63, 3.8) is 0 Å². The molecule has 0 saturated heterocycles. The van der Waals surface area contributed by atoms with Crippen LogP contribution in [0, 0.1) is 11.8 Å². The van der Waals surface area contributed by atoms with E-state index in [0.29, 0.717) is 23.6 Å². The standard InChI is InChI=1S/C25H26BrN3O2/c1-15-5-4-6-16(13-15)11-12-31-29-23-18-7-2-3-8-20(18)27-24(23)22-19-14-17(26)9-10-21(19)28-25(22)30/h2-3,7-10,14-16,27H,4-6,11-13H2,1H3,(H,28,30)/b24-22-,29-23+. The Labute approximate surface area is 191 Å². The highest BCUT2D eigenvalue weighted by molar-refractivity contribution is 9.10. The molecule has 0 bridgehead atoms. The van der Waals surface area contributed by atoms with Gasteiger partial charge in [0.25, 0.3) is 5.91 Å². The first-order valence-electron chi connectivity index (χ1n) is 11.0. The molecule has 2 aromatic rings. The van der Waals surface area contributed by atoms with Gasteiger partial charge in [-0.05, 0) is 48.9 Å². The van der Waals surface area contributed by atoms with Crippen LogP contribution in [0.4, 0.5) is 11.4 Å². The number of halogens is 1. The molecule has 2 N–H and O–H groups in total. The van der Waals surface area contributed by atoms with Gasteiger partial charge in [-0.15, -0.1) is 0 Å². The van der Waals surface area contributed by atoms with Crippen LogP contribution in [0.25, 0.3) is 5.57 Å². The molecule has 2 atom stereocenters. The van der Waals surface area contributed by atoms with Crippen LogP contribution in [0.1, 0.15) is 50.2 Å². The Morgan fingerprint density at radius 1 is 1.10 bits per heavy atom. The first-order chi connectivity index (χ1) is 15.1. The molecular formula is C25H26BrN3O2. The quantitative estimate of drug-likeness (QED) is 0.312. The highest BCUT2D eigenvalue weighted by atomic mass is 79.9. The summed E-state index contributed by atoms with van der Waals surface area (Å²) in [5, 5.41) is 10.9. The third kappa shape index (κ3) is 4.01. The number of carbonyl (C=O) groups is 1. The molecule has 1 amide bonds. The van der Waals surface area contributed by atoms with E-state index in [1.165, 1.54) is 25.7 Å². The average Bonchev–Trinajstić information content (AvgIpc) is 3.27. The summed E-state index contributed by atoms with van der Waals surface area (Å²) < 4.78 is 0.924. The predicted octanol–water partition coefficient (Wildman–Crippen LogP) is 6.18. The SMILES string of the molecule is CC1CCCC(CCO/N=C2/C(=C3/C(=O)Nc4ccc(Br)cc43)Nc3ccccc32)C1. The van der Waals surface area contributed by atoms with Crippen molar-refractivity contribution in [2.24, 2.45) is 17.0 Å². The smallest absolute Gasteiger partial charge is 0.258 e. The van der Waals surface area contributed by atoms with Crippen molar-refractivity contribution in [2.75, 3.05) is 17.2 Å². The molecule has 6 heteroatoms. The lowest BCUT2D eigenvalue weighted by Crippen LogP contribution is -2.15. The molecular weight excluding hydrogens is 454 g/mol. The van der Waals surface area contributed by atoms with E-state index in [4.69, 9.17) is 4.84 Å². The lowest BCUT2D eigenvalue weighted by molar-refractivity contribution is -0.110.